The average molecular weight is 172 g/mol. The van der Waals surface area contributed by atoms with Gasteiger partial charge in [-0.2, -0.15) is 0 Å². The average Bonchev–Trinajstić information content (AvgIpc) is 2.28. The fourth-order valence-electron chi connectivity index (χ4n) is 1.53. The van der Waals surface area contributed by atoms with Crippen molar-refractivity contribution in [3.63, 3.8) is 0 Å². The van der Waals surface area contributed by atoms with Crippen LogP contribution >= 0.6 is 0 Å². The minimum absolute atomic E-state index is 0.0148. The van der Waals surface area contributed by atoms with E-state index in [0.29, 0.717) is 13.0 Å². The normalized spacial score (nSPS) is 29.2. The van der Waals surface area contributed by atoms with Crippen LogP contribution in [0.5, 0.6) is 0 Å². The Bertz CT molecular complexity index is 182. The molecule has 1 saturated heterocycles. The number of aliphatic hydroxyl groups excluding tert-OH is 1. The summed E-state index contributed by atoms with van der Waals surface area (Å²) >= 11 is 0. The molecule has 70 valence electrons. The van der Waals surface area contributed by atoms with E-state index in [9.17, 15) is 9.90 Å². The first-order valence-corrected chi connectivity index (χ1v) is 4.18. The van der Waals surface area contributed by atoms with Crippen molar-refractivity contribution in [2.75, 3.05) is 20.6 Å². The summed E-state index contributed by atoms with van der Waals surface area (Å²) in [4.78, 5) is 14.7. The Kier molecular flexibility index (Phi) is 2.57. The highest BCUT2D eigenvalue weighted by molar-refractivity contribution is 5.74. The van der Waals surface area contributed by atoms with Crippen molar-refractivity contribution in [1.82, 2.24) is 9.80 Å². The minimum Gasteiger partial charge on any atom is -0.391 e. The second-order valence-electron chi connectivity index (χ2n) is 3.57. The number of rotatable bonds is 0. The lowest BCUT2D eigenvalue weighted by molar-refractivity contribution is 0.154. The summed E-state index contributed by atoms with van der Waals surface area (Å²) in [6, 6.07) is 0.147. The van der Waals surface area contributed by atoms with Gasteiger partial charge in [0.1, 0.15) is 0 Å². The van der Waals surface area contributed by atoms with E-state index in [4.69, 9.17) is 0 Å². The molecule has 4 nitrogen and oxygen atoms in total. The number of urea groups is 1. The van der Waals surface area contributed by atoms with E-state index in [0.717, 1.165) is 0 Å². The van der Waals surface area contributed by atoms with Crippen LogP contribution in [0, 0.1) is 0 Å². The number of aliphatic hydroxyl groups is 1. The van der Waals surface area contributed by atoms with Crippen LogP contribution in [0.1, 0.15) is 13.3 Å². The van der Waals surface area contributed by atoms with Gasteiger partial charge >= 0.3 is 6.03 Å². The lowest BCUT2D eigenvalue weighted by Crippen LogP contribution is -2.41. The Labute approximate surface area is 72.8 Å². The minimum atomic E-state index is -0.344. The largest absolute Gasteiger partial charge is 0.391 e. The highest BCUT2D eigenvalue weighted by Gasteiger charge is 2.31. The zero-order chi connectivity index (χ0) is 9.30. The second kappa shape index (κ2) is 3.31. The first-order chi connectivity index (χ1) is 5.52. The van der Waals surface area contributed by atoms with E-state index >= 15 is 0 Å². The van der Waals surface area contributed by atoms with Gasteiger partial charge in [0.25, 0.3) is 0 Å². The number of nitrogens with zero attached hydrogens (tertiary/aromatic N) is 2. The van der Waals surface area contributed by atoms with Crippen LogP contribution in [-0.4, -0.2) is 53.7 Å². The molecule has 0 aromatic rings. The van der Waals surface area contributed by atoms with Crippen molar-refractivity contribution in [1.29, 1.82) is 0 Å². The van der Waals surface area contributed by atoms with Crippen molar-refractivity contribution in [2.45, 2.75) is 25.5 Å². The van der Waals surface area contributed by atoms with E-state index in [2.05, 4.69) is 0 Å². The van der Waals surface area contributed by atoms with Gasteiger partial charge in [-0.3, -0.25) is 0 Å². The zero-order valence-electron chi connectivity index (χ0n) is 7.82. The molecule has 0 spiro atoms. The third kappa shape index (κ3) is 1.69. The van der Waals surface area contributed by atoms with Gasteiger partial charge in [0.05, 0.1) is 6.10 Å². The van der Waals surface area contributed by atoms with Crippen LogP contribution in [0.15, 0.2) is 0 Å². The molecule has 0 radical (unpaired) electrons. The van der Waals surface area contributed by atoms with Crippen molar-refractivity contribution < 1.29 is 9.90 Å². The van der Waals surface area contributed by atoms with E-state index < -0.39 is 0 Å². The molecule has 1 aliphatic rings. The third-order valence-corrected chi connectivity index (χ3v) is 2.18. The summed E-state index contributed by atoms with van der Waals surface area (Å²) in [6.45, 7) is 2.43. The smallest absolute Gasteiger partial charge is 0.319 e. The first-order valence-electron chi connectivity index (χ1n) is 4.18. The van der Waals surface area contributed by atoms with Gasteiger partial charge in [0, 0.05) is 26.7 Å². The summed E-state index contributed by atoms with van der Waals surface area (Å²) in [6.07, 6.45) is 0.350. The van der Waals surface area contributed by atoms with Crippen LogP contribution in [0.25, 0.3) is 0 Å². The summed E-state index contributed by atoms with van der Waals surface area (Å²) in [5, 5.41) is 9.29. The molecular formula is C8H16N2O2. The second-order valence-corrected chi connectivity index (χ2v) is 3.57. The van der Waals surface area contributed by atoms with Gasteiger partial charge in [-0.25, -0.2) is 4.79 Å². The number of hydrogen-bond donors (Lipinski definition) is 1. The molecule has 0 unspecified atom stereocenters. The third-order valence-electron chi connectivity index (χ3n) is 2.18. The molecule has 0 aromatic carbocycles. The van der Waals surface area contributed by atoms with Crippen molar-refractivity contribution in [2.24, 2.45) is 0 Å². The topological polar surface area (TPSA) is 43.8 Å². The quantitative estimate of drug-likeness (QED) is 0.564. The zero-order valence-corrected chi connectivity index (χ0v) is 7.82. The molecular weight excluding hydrogens is 156 g/mol. The predicted molar refractivity (Wildman–Crippen MR) is 45.9 cm³/mol. The van der Waals surface area contributed by atoms with E-state index in [1.165, 1.54) is 4.90 Å². The van der Waals surface area contributed by atoms with Crippen LogP contribution in [0.4, 0.5) is 4.79 Å². The Morgan fingerprint density at radius 1 is 1.58 bits per heavy atom. The lowest BCUT2D eigenvalue weighted by atomic mass is 10.2. The Morgan fingerprint density at radius 2 is 2.17 bits per heavy atom. The maximum absolute atomic E-state index is 11.4. The molecule has 1 rings (SSSR count). The Morgan fingerprint density at radius 3 is 2.50 bits per heavy atom. The summed E-state index contributed by atoms with van der Waals surface area (Å²) < 4.78 is 0. The van der Waals surface area contributed by atoms with Gasteiger partial charge in [-0.1, -0.05) is 0 Å². The van der Waals surface area contributed by atoms with Gasteiger partial charge in [0.2, 0.25) is 0 Å². The molecule has 0 aliphatic carbocycles. The van der Waals surface area contributed by atoms with Crippen LogP contribution in [0.2, 0.25) is 0 Å². The van der Waals surface area contributed by atoms with Crippen LogP contribution in [-0.2, 0) is 0 Å². The molecule has 12 heavy (non-hydrogen) atoms. The highest BCUT2D eigenvalue weighted by atomic mass is 16.3. The molecule has 2 amide bonds. The van der Waals surface area contributed by atoms with Gasteiger partial charge < -0.3 is 14.9 Å². The maximum atomic E-state index is 11.4. The molecule has 1 aliphatic heterocycles. The van der Waals surface area contributed by atoms with Crippen molar-refractivity contribution >= 4 is 6.03 Å². The standard InChI is InChI=1S/C8H16N2O2/c1-6-4-7(11)5-10(6)8(12)9(2)3/h6-7,11H,4-5H2,1-3H3/t6-,7-/m1/s1. The SMILES string of the molecule is C[C@@H]1C[C@@H](O)CN1C(=O)N(C)C. The Hall–Kier alpha value is -0.770. The van der Waals surface area contributed by atoms with E-state index in [1.54, 1.807) is 19.0 Å². The van der Waals surface area contributed by atoms with Crippen LogP contribution < -0.4 is 0 Å². The van der Waals surface area contributed by atoms with Gasteiger partial charge in [-0.15, -0.1) is 0 Å². The molecule has 0 bridgehead atoms. The molecule has 0 saturated carbocycles. The molecule has 0 aromatic heterocycles. The van der Waals surface area contributed by atoms with E-state index in [-0.39, 0.29) is 18.2 Å². The Balaban J connectivity index is 2.58. The molecule has 4 heteroatoms. The number of hydrogen-bond acceptors (Lipinski definition) is 2. The monoisotopic (exact) mass is 172 g/mol. The number of amides is 2. The number of carbonyl (C=O) groups is 1. The summed E-state index contributed by atoms with van der Waals surface area (Å²) in [7, 11) is 3.44. The van der Waals surface area contributed by atoms with Gasteiger partial charge in [-0.05, 0) is 13.3 Å². The molecule has 1 N–H and O–H groups in total. The fourth-order valence-corrected chi connectivity index (χ4v) is 1.53. The summed E-state index contributed by atoms with van der Waals surface area (Å²) in [5.41, 5.74) is 0. The molecule has 2 atom stereocenters. The van der Waals surface area contributed by atoms with Crippen molar-refractivity contribution in [3.05, 3.63) is 0 Å². The summed E-state index contributed by atoms with van der Waals surface area (Å²) in [5.74, 6) is 0. The lowest BCUT2D eigenvalue weighted by Gasteiger charge is -2.24. The molecule has 1 heterocycles. The fraction of sp³-hybridized carbons (Fsp3) is 0.875. The molecule has 1 fully saturated rings. The van der Waals surface area contributed by atoms with E-state index in [1.807, 2.05) is 6.92 Å². The highest BCUT2D eigenvalue weighted by Crippen LogP contribution is 2.17. The number of likely N-dealkylation sites (tertiary alicyclic amines) is 1. The van der Waals surface area contributed by atoms with Crippen LogP contribution in [0.3, 0.4) is 0 Å². The number of β-amino-alcohol motifs (C(OH)–C–C–N with tert-alkyl or cyclic N) is 1. The van der Waals surface area contributed by atoms with Gasteiger partial charge in [0.15, 0.2) is 0 Å². The first kappa shape index (κ1) is 9.32. The van der Waals surface area contributed by atoms with Crippen molar-refractivity contribution in [3.8, 4) is 0 Å². The maximum Gasteiger partial charge on any atom is 0.319 e. The number of carbonyl (C=O) groups excluding carboxylic acids is 1. The predicted octanol–water partition coefficient (Wildman–Crippen LogP) is 0.123.